The van der Waals surface area contributed by atoms with Crippen molar-refractivity contribution in [3.8, 4) is 0 Å². The number of carbonyl (C=O) groups is 1. The van der Waals surface area contributed by atoms with Crippen LogP contribution in [0.2, 0.25) is 0 Å². The first-order valence-corrected chi connectivity index (χ1v) is 5.97. The Bertz CT molecular complexity index is 364. The van der Waals surface area contributed by atoms with Crippen molar-refractivity contribution in [3.05, 3.63) is 18.0 Å². The zero-order valence-corrected chi connectivity index (χ0v) is 9.94. The molecule has 1 saturated heterocycles. The molecule has 0 amide bonds. The molecule has 1 aliphatic heterocycles. The van der Waals surface area contributed by atoms with E-state index < -0.39 is 0 Å². The highest BCUT2D eigenvalue weighted by molar-refractivity contribution is 5.97. The summed E-state index contributed by atoms with van der Waals surface area (Å²) in [6.07, 6.45) is 5.47. The molecule has 0 aromatic carbocycles. The van der Waals surface area contributed by atoms with Crippen molar-refractivity contribution in [3.63, 3.8) is 0 Å². The van der Waals surface area contributed by atoms with Gasteiger partial charge in [0.15, 0.2) is 5.78 Å². The summed E-state index contributed by atoms with van der Waals surface area (Å²) in [6.45, 7) is 6.03. The number of hydrogen-bond acceptors (Lipinski definition) is 3. The van der Waals surface area contributed by atoms with Crippen LogP contribution in [0.25, 0.3) is 0 Å². The highest BCUT2D eigenvalue weighted by atomic mass is 16.1. The van der Waals surface area contributed by atoms with Gasteiger partial charge in [-0.25, -0.2) is 0 Å². The lowest BCUT2D eigenvalue weighted by molar-refractivity contribution is 0.0895. The van der Waals surface area contributed by atoms with Crippen molar-refractivity contribution in [2.24, 2.45) is 5.92 Å². The molecule has 0 bridgehead atoms. The van der Waals surface area contributed by atoms with E-state index in [1.807, 2.05) is 10.9 Å². The van der Waals surface area contributed by atoms with Gasteiger partial charge >= 0.3 is 0 Å². The van der Waals surface area contributed by atoms with Crippen molar-refractivity contribution >= 4 is 5.78 Å². The van der Waals surface area contributed by atoms with Gasteiger partial charge in [0.25, 0.3) is 0 Å². The number of aromatic nitrogens is 2. The number of piperidine rings is 1. The van der Waals surface area contributed by atoms with E-state index in [4.69, 9.17) is 0 Å². The molecule has 1 fully saturated rings. The number of carbonyl (C=O) groups excluding carboxylic acids is 1. The molecule has 0 radical (unpaired) electrons. The van der Waals surface area contributed by atoms with Crippen molar-refractivity contribution in [1.82, 2.24) is 15.1 Å². The van der Waals surface area contributed by atoms with Gasteiger partial charge in [-0.2, -0.15) is 5.10 Å². The monoisotopic (exact) mass is 221 g/mol. The minimum Gasteiger partial charge on any atom is -0.317 e. The summed E-state index contributed by atoms with van der Waals surface area (Å²) >= 11 is 0. The maximum absolute atomic E-state index is 12.2. The first kappa shape index (κ1) is 11.3. The van der Waals surface area contributed by atoms with Gasteiger partial charge in [0, 0.05) is 18.2 Å². The Morgan fingerprint density at radius 3 is 2.75 bits per heavy atom. The fourth-order valence-corrected chi connectivity index (χ4v) is 2.07. The molecule has 0 spiro atoms. The predicted octanol–water partition coefficient (Wildman–Crippen LogP) is 1.65. The van der Waals surface area contributed by atoms with Crippen LogP contribution in [0.15, 0.2) is 12.4 Å². The molecule has 1 aromatic heterocycles. The Balaban J connectivity index is 2.07. The quantitative estimate of drug-likeness (QED) is 0.789. The molecule has 0 atom stereocenters. The maximum Gasteiger partial charge on any atom is 0.169 e. The second-order valence-corrected chi connectivity index (χ2v) is 4.69. The zero-order chi connectivity index (χ0) is 11.5. The minimum atomic E-state index is 0.186. The van der Waals surface area contributed by atoms with Crippen LogP contribution in [0.4, 0.5) is 0 Å². The highest BCUT2D eigenvalue weighted by Crippen LogP contribution is 2.18. The predicted molar refractivity (Wildman–Crippen MR) is 62.5 cm³/mol. The maximum atomic E-state index is 12.2. The number of Topliss-reactive ketones (excluding diaryl/α,β-unsaturated/α-hetero) is 1. The van der Waals surface area contributed by atoms with Crippen LogP contribution in [0.5, 0.6) is 0 Å². The third kappa shape index (κ3) is 2.32. The van der Waals surface area contributed by atoms with Gasteiger partial charge in [-0.1, -0.05) is 0 Å². The van der Waals surface area contributed by atoms with Gasteiger partial charge in [-0.05, 0) is 39.8 Å². The number of nitrogens with one attached hydrogen (secondary N) is 1. The molecule has 1 aliphatic rings. The molecule has 88 valence electrons. The molecule has 0 aliphatic carbocycles. The topological polar surface area (TPSA) is 46.9 Å². The van der Waals surface area contributed by atoms with E-state index in [1.165, 1.54) is 0 Å². The van der Waals surface area contributed by atoms with Gasteiger partial charge in [-0.15, -0.1) is 0 Å². The van der Waals surface area contributed by atoms with Crippen LogP contribution in [0.1, 0.15) is 43.1 Å². The van der Waals surface area contributed by atoms with Gasteiger partial charge in [0.05, 0.1) is 11.8 Å². The van der Waals surface area contributed by atoms with Gasteiger partial charge in [0.1, 0.15) is 0 Å². The molecule has 1 N–H and O–H groups in total. The number of hydrogen-bond donors (Lipinski definition) is 1. The van der Waals surface area contributed by atoms with Crippen molar-refractivity contribution < 1.29 is 4.79 Å². The Hall–Kier alpha value is -1.16. The largest absolute Gasteiger partial charge is 0.317 e. The highest BCUT2D eigenvalue weighted by Gasteiger charge is 2.23. The molecular formula is C12H19N3O. The van der Waals surface area contributed by atoms with Crippen molar-refractivity contribution in [2.45, 2.75) is 32.7 Å². The summed E-state index contributed by atoms with van der Waals surface area (Å²) in [6, 6.07) is 0.314. The van der Waals surface area contributed by atoms with E-state index in [0.29, 0.717) is 6.04 Å². The second-order valence-electron chi connectivity index (χ2n) is 4.69. The average Bonchev–Trinajstić information content (AvgIpc) is 2.78. The van der Waals surface area contributed by atoms with Gasteiger partial charge in [-0.3, -0.25) is 9.48 Å². The molecule has 16 heavy (non-hydrogen) atoms. The lowest BCUT2D eigenvalue weighted by Crippen LogP contribution is -2.31. The zero-order valence-electron chi connectivity index (χ0n) is 9.94. The standard InChI is InChI=1S/C12H19N3O/c1-9(2)15-8-11(7-14-15)12(16)10-3-5-13-6-4-10/h7-10,13H,3-6H2,1-2H3. The number of ketones is 1. The second kappa shape index (κ2) is 4.78. The Kier molecular flexibility index (Phi) is 3.39. The summed E-state index contributed by atoms with van der Waals surface area (Å²) in [7, 11) is 0. The third-order valence-electron chi connectivity index (χ3n) is 3.13. The fourth-order valence-electron chi connectivity index (χ4n) is 2.07. The van der Waals surface area contributed by atoms with Crippen LogP contribution in [-0.2, 0) is 0 Å². The third-order valence-corrected chi connectivity index (χ3v) is 3.13. The molecule has 4 heteroatoms. The van der Waals surface area contributed by atoms with E-state index in [2.05, 4.69) is 24.3 Å². The summed E-state index contributed by atoms with van der Waals surface area (Å²) in [5.41, 5.74) is 0.764. The molecule has 1 aromatic rings. The van der Waals surface area contributed by atoms with E-state index in [0.717, 1.165) is 31.5 Å². The van der Waals surface area contributed by atoms with Crippen LogP contribution in [-0.4, -0.2) is 28.7 Å². The Morgan fingerprint density at radius 2 is 2.19 bits per heavy atom. The molecule has 0 unspecified atom stereocenters. The van der Waals surface area contributed by atoms with E-state index in [-0.39, 0.29) is 11.7 Å². The summed E-state index contributed by atoms with van der Waals surface area (Å²) in [5, 5.41) is 7.48. The summed E-state index contributed by atoms with van der Waals surface area (Å²) in [5.74, 6) is 0.444. The number of rotatable bonds is 3. The van der Waals surface area contributed by atoms with Crippen LogP contribution >= 0.6 is 0 Å². The fraction of sp³-hybridized carbons (Fsp3) is 0.667. The van der Waals surface area contributed by atoms with Gasteiger partial charge < -0.3 is 5.32 Å². The lowest BCUT2D eigenvalue weighted by atomic mass is 9.91. The van der Waals surface area contributed by atoms with Crippen molar-refractivity contribution in [2.75, 3.05) is 13.1 Å². The molecule has 2 rings (SSSR count). The molecular weight excluding hydrogens is 202 g/mol. The van der Waals surface area contributed by atoms with E-state index >= 15 is 0 Å². The number of nitrogens with zero attached hydrogens (tertiary/aromatic N) is 2. The lowest BCUT2D eigenvalue weighted by Gasteiger charge is -2.20. The first-order chi connectivity index (χ1) is 7.68. The SMILES string of the molecule is CC(C)n1cc(C(=O)C2CCNCC2)cn1. The van der Waals surface area contributed by atoms with Crippen LogP contribution in [0, 0.1) is 5.92 Å². The first-order valence-electron chi connectivity index (χ1n) is 5.97. The molecule has 2 heterocycles. The summed E-state index contributed by atoms with van der Waals surface area (Å²) < 4.78 is 1.84. The summed E-state index contributed by atoms with van der Waals surface area (Å²) in [4.78, 5) is 12.2. The Morgan fingerprint density at radius 1 is 1.50 bits per heavy atom. The molecule has 4 nitrogen and oxygen atoms in total. The van der Waals surface area contributed by atoms with Crippen LogP contribution in [0.3, 0.4) is 0 Å². The van der Waals surface area contributed by atoms with Crippen molar-refractivity contribution in [1.29, 1.82) is 0 Å². The normalized spacial score (nSPS) is 17.9. The van der Waals surface area contributed by atoms with Crippen LogP contribution < -0.4 is 5.32 Å². The van der Waals surface area contributed by atoms with E-state index in [1.54, 1.807) is 6.20 Å². The Labute approximate surface area is 96.0 Å². The smallest absolute Gasteiger partial charge is 0.169 e. The average molecular weight is 221 g/mol. The molecule has 0 saturated carbocycles. The van der Waals surface area contributed by atoms with E-state index in [9.17, 15) is 4.79 Å². The van der Waals surface area contributed by atoms with Gasteiger partial charge in [0.2, 0.25) is 0 Å². The minimum absolute atomic E-state index is 0.186.